The Morgan fingerprint density at radius 3 is 3.12 bits per heavy atom. The minimum atomic E-state index is -0.846. The van der Waals surface area contributed by atoms with Gasteiger partial charge in [-0.15, -0.1) is 11.3 Å². The molecule has 1 aromatic heterocycles. The molecule has 0 unspecified atom stereocenters. The van der Waals surface area contributed by atoms with Crippen LogP contribution in [0.2, 0.25) is 0 Å². The molecule has 1 aliphatic carbocycles. The van der Waals surface area contributed by atoms with E-state index in [1.165, 1.54) is 24.2 Å². The topological polar surface area (TPSA) is 58.6 Å². The number of thiophene rings is 1. The number of carboxylic acids is 1. The number of hydrogen-bond acceptors (Lipinski definition) is 4. The van der Waals surface area contributed by atoms with Gasteiger partial charge in [-0.3, -0.25) is 0 Å². The molecule has 5 heteroatoms. The summed E-state index contributed by atoms with van der Waals surface area (Å²) < 4.78 is 5.48. The van der Waals surface area contributed by atoms with Crippen LogP contribution in [0.4, 0.5) is 0 Å². The second-order valence-electron chi connectivity index (χ2n) is 4.28. The van der Waals surface area contributed by atoms with E-state index in [0.29, 0.717) is 18.0 Å². The van der Waals surface area contributed by atoms with Crippen LogP contribution in [-0.4, -0.2) is 30.8 Å². The van der Waals surface area contributed by atoms with Gasteiger partial charge in [0.1, 0.15) is 4.88 Å². The van der Waals surface area contributed by atoms with Gasteiger partial charge < -0.3 is 15.2 Å². The molecule has 1 aromatic rings. The zero-order valence-electron chi connectivity index (χ0n) is 9.65. The van der Waals surface area contributed by atoms with E-state index >= 15 is 0 Å². The van der Waals surface area contributed by atoms with Gasteiger partial charge in [0.25, 0.3) is 0 Å². The van der Waals surface area contributed by atoms with Crippen molar-refractivity contribution in [2.24, 2.45) is 5.92 Å². The number of nitrogens with one attached hydrogen (secondary N) is 1. The van der Waals surface area contributed by atoms with Gasteiger partial charge in [-0.25, -0.2) is 4.79 Å². The Hall–Kier alpha value is -0.910. The van der Waals surface area contributed by atoms with Gasteiger partial charge in [0.05, 0.1) is 6.61 Å². The first-order valence-electron chi connectivity index (χ1n) is 5.85. The summed E-state index contributed by atoms with van der Waals surface area (Å²) in [5.74, 6) is -0.0488. The van der Waals surface area contributed by atoms with Gasteiger partial charge in [0.2, 0.25) is 0 Å². The third kappa shape index (κ3) is 4.11. The summed E-state index contributed by atoms with van der Waals surface area (Å²) in [6, 6.07) is 1.85. The van der Waals surface area contributed by atoms with Crippen LogP contribution in [0.5, 0.6) is 0 Å². The fourth-order valence-electron chi connectivity index (χ4n) is 1.56. The molecule has 0 aromatic carbocycles. The van der Waals surface area contributed by atoms with E-state index in [9.17, 15) is 4.79 Å². The van der Waals surface area contributed by atoms with E-state index in [1.807, 2.05) is 11.4 Å². The highest BCUT2D eigenvalue weighted by Crippen LogP contribution is 2.28. The second-order valence-corrected chi connectivity index (χ2v) is 5.19. The zero-order chi connectivity index (χ0) is 12.1. The fourth-order valence-corrected chi connectivity index (χ4v) is 2.33. The molecular formula is C12H17NO3S. The molecule has 0 radical (unpaired) electrons. The van der Waals surface area contributed by atoms with E-state index in [1.54, 1.807) is 0 Å². The first-order chi connectivity index (χ1) is 8.27. The van der Waals surface area contributed by atoms with Crippen molar-refractivity contribution in [3.63, 3.8) is 0 Å². The van der Waals surface area contributed by atoms with Crippen molar-refractivity contribution >= 4 is 17.3 Å². The summed E-state index contributed by atoms with van der Waals surface area (Å²) in [7, 11) is 0. The molecule has 2 N–H and O–H groups in total. The lowest BCUT2D eigenvalue weighted by Crippen LogP contribution is -2.20. The SMILES string of the molecule is O=C(O)c1sccc1CNCCOCC1CC1. The Bertz CT molecular complexity index is 374. The average Bonchev–Trinajstić information content (AvgIpc) is 2.99. The summed E-state index contributed by atoms with van der Waals surface area (Å²) in [6.45, 7) is 2.93. The van der Waals surface area contributed by atoms with Crippen LogP contribution < -0.4 is 5.32 Å². The number of hydrogen-bond donors (Lipinski definition) is 2. The predicted octanol–water partition coefficient (Wildman–Crippen LogP) is 1.96. The van der Waals surface area contributed by atoms with Crippen molar-refractivity contribution in [2.75, 3.05) is 19.8 Å². The van der Waals surface area contributed by atoms with Gasteiger partial charge in [0, 0.05) is 19.7 Å². The Balaban J connectivity index is 1.60. The third-order valence-electron chi connectivity index (χ3n) is 2.73. The first kappa shape index (κ1) is 12.5. The van der Waals surface area contributed by atoms with Gasteiger partial charge in [-0.1, -0.05) is 0 Å². The van der Waals surface area contributed by atoms with Crippen LogP contribution in [0.3, 0.4) is 0 Å². The number of carboxylic acid groups (broad SMARTS) is 1. The molecule has 1 aliphatic rings. The lowest BCUT2D eigenvalue weighted by molar-refractivity contribution is 0.0701. The summed E-state index contributed by atoms with van der Waals surface area (Å²) >= 11 is 1.27. The average molecular weight is 255 g/mol. The van der Waals surface area contributed by atoms with Crippen LogP contribution in [0.1, 0.15) is 28.1 Å². The van der Waals surface area contributed by atoms with Crippen LogP contribution in [-0.2, 0) is 11.3 Å². The van der Waals surface area contributed by atoms with Crippen molar-refractivity contribution in [2.45, 2.75) is 19.4 Å². The van der Waals surface area contributed by atoms with Crippen molar-refractivity contribution in [3.05, 3.63) is 21.9 Å². The number of aromatic carboxylic acids is 1. The molecule has 0 atom stereocenters. The number of rotatable bonds is 8. The highest BCUT2D eigenvalue weighted by molar-refractivity contribution is 7.12. The van der Waals surface area contributed by atoms with Crippen LogP contribution in [0.25, 0.3) is 0 Å². The van der Waals surface area contributed by atoms with Crippen molar-refractivity contribution in [3.8, 4) is 0 Å². The molecule has 94 valence electrons. The van der Waals surface area contributed by atoms with Crippen LogP contribution in [0.15, 0.2) is 11.4 Å². The highest BCUT2D eigenvalue weighted by Gasteiger charge is 2.20. The molecule has 1 fully saturated rings. The molecule has 0 saturated heterocycles. The maximum atomic E-state index is 10.9. The number of carbonyl (C=O) groups is 1. The van der Waals surface area contributed by atoms with E-state index in [4.69, 9.17) is 9.84 Å². The molecule has 0 aliphatic heterocycles. The Kier molecular flexibility index (Phi) is 4.53. The first-order valence-corrected chi connectivity index (χ1v) is 6.73. The lowest BCUT2D eigenvalue weighted by atomic mass is 10.2. The normalized spacial score (nSPS) is 15.1. The van der Waals surface area contributed by atoms with Crippen LogP contribution >= 0.6 is 11.3 Å². The summed E-state index contributed by atoms with van der Waals surface area (Å²) in [6.07, 6.45) is 2.62. The fraction of sp³-hybridized carbons (Fsp3) is 0.583. The lowest BCUT2D eigenvalue weighted by Gasteiger charge is -2.05. The minimum absolute atomic E-state index is 0.427. The zero-order valence-corrected chi connectivity index (χ0v) is 10.5. The molecule has 1 saturated carbocycles. The van der Waals surface area contributed by atoms with Crippen molar-refractivity contribution in [1.82, 2.24) is 5.32 Å². The maximum absolute atomic E-state index is 10.9. The molecular weight excluding hydrogens is 238 g/mol. The molecule has 0 spiro atoms. The third-order valence-corrected chi connectivity index (χ3v) is 3.67. The summed E-state index contributed by atoms with van der Waals surface area (Å²) in [4.78, 5) is 11.3. The monoisotopic (exact) mass is 255 g/mol. The Labute approximate surface area is 105 Å². The smallest absolute Gasteiger partial charge is 0.346 e. The number of ether oxygens (including phenoxy) is 1. The molecule has 1 heterocycles. The van der Waals surface area contributed by atoms with E-state index in [0.717, 1.165) is 24.6 Å². The second kappa shape index (κ2) is 6.14. The quantitative estimate of drug-likeness (QED) is 0.697. The van der Waals surface area contributed by atoms with Gasteiger partial charge >= 0.3 is 5.97 Å². The molecule has 0 amide bonds. The summed E-state index contributed by atoms with van der Waals surface area (Å²) in [5.41, 5.74) is 0.852. The maximum Gasteiger partial charge on any atom is 0.346 e. The Morgan fingerprint density at radius 1 is 1.59 bits per heavy atom. The molecule has 4 nitrogen and oxygen atoms in total. The highest BCUT2D eigenvalue weighted by atomic mass is 32.1. The standard InChI is InChI=1S/C12H17NO3S/c14-12(15)11-10(3-6-17-11)7-13-4-5-16-8-9-1-2-9/h3,6,9,13H,1-2,4-5,7-8H2,(H,14,15). The molecule has 17 heavy (non-hydrogen) atoms. The molecule has 0 bridgehead atoms. The van der Waals surface area contributed by atoms with E-state index < -0.39 is 5.97 Å². The summed E-state index contributed by atoms with van der Waals surface area (Å²) in [5, 5.41) is 13.9. The van der Waals surface area contributed by atoms with E-state index in [-0.39, 0.29) is 0 Å². The van der Waals surface area contributed by atoms with Gasteiger partial charge in [-0.05, 0) is 35.8 Å². The van der Waals surface area contributed by atoms with E-state index in [2.05, 4.69) is 5.32 Å². The Morgan fingerprint density at radius 2 is 2.41 bits per heavy atom. The predicted molar refractivity (Wildman–Crippen MR) is 66.5 cm³/mol. The van der Waals surface area contributed by atoms with Crippen LogP contribution in [0, 0.1) is 5.92 Å². The molecule has 2 rings (SSSR count). The van der Waals surface area contributed by atoms with Gasteiger partial charge in [-0.2, -0.15) is 0 Å². The van der Waals surface area contributed by atoms with Crippen molar-refractivity contribution in [1.29, 1.82) is 0 Å². The van der Waals surface area contributed by atoms with Gasteiger partial charge in [0.15, 0.2) is 0 Å². The minimum Gasteiger partial charge on any atom is -0.477 e. The van der Waals surface area contributed by atoms with Crippen molar-refractivity contribution < 1.29 is 14.6 Å². The largest absolute Gasteiger partial charge is 0.477 e.